The number of para-hydroxylation sites is 1. The molecule has 7 nitrogen and oxygen atoms in total. The van der Waals surface area contributed by atoms with E-state index in [1.807, 2.05) is 31.2 Å². The Bertz CT molecular complexity index is 943. The molecule has 1 aromatic carbocycles. The zero-order chi connectivity index (χ0) is 20.4. The van der Waals surface area contributed by atoms with Gasteiger partial charge in [-0.2, -0.15) is 5.26 Å². The molecule has 0 radical (unpaired) electrons. The Hall–Kier alpha value is -2.92. The number of thioether (sulfide) groups is 1. The number of fused-ring (bicyclic) bond motifs is 1. The van der Waals surface area contributed by atoms with Crippen LogP contribution in [0.25, 0.3) is 0 Å². The lowest BCUT2D eigenvalue weighted by Gasteiger charge is -2.35. The summed E-state index contributed by atoms with van der Waals surface area (Å²) in [5.74, 6) is 0.446. The maximum atomic E-state index is 13.0. The number of allylic oxidation sites excluding steroid dienone is 2. The number of benzene rings is 1. The number of hydrogen-bond acceptors (Lipinski definition) is 8. The van der Waals surface area contributed by atoms with E-state index in [2.05, 4.69) is 11.1 Å². The summed E-state index contributed by atoms with van der Waals surface area (Å²) >= 11 is 1.19. The summed E-state index contributed by atoms with van der Waals surface area (Å²) in [7, 11) is 0. The van der Waals surface area contributed by atoms with Gasteiger partial charge in [-0.15, -0.1) is 0 Å². The van der Waals surface area contributed by atoms with Crippen molar-refractivity contribution in [2.45, 2.75) is 39.8 Å². The molecule has 0 aromatic heterocycles. The van der Waals surface area contributed by atoms with Gasteiger partial charge in [-0.05, 0) is 45.5 Å². The van der Waals surface area contributed by atoms with Crippen molar-refractivity contribution in [3.8, 4) is 11.8 Å². The predicted octanol–water partition coefficient (Wildman–Crippen LogP) is 3.42. The molecule has 0 saturated heterocycles. The average Bonchev–Trinajstić information content (AvgIpc) is 2.96. The third-order valence-corrected chi connectivity index (χ3v) is 5.23. The van der Waals surface area contributed by atoms with Crippen LogP contribution < -0.4 is 10.5 Å². The number of nitrogens with zero attached hydrogens (tertiary/aromatic N) is 3. The van der Waals surface area contributed by atoms with Crippen LogP contribution in [0.3, 0.4) is 0 Å². The molecule has 8 heteroatoms. The second-order valence-corrected chi connectivity index (χ2v) is 7.50. The van der Waals surface area contributed by atoms with E-state index in [1.165, 1.54) is 11.8 Å². The van der Waals surface area contributed by atoms with Crippen LogP contribution in [0.4, 0.5) is 0 Å². The van der Waals surface area contributed by atoms with Crippen molar-refractivity contribution in [2.75, 3.05) is 6.61 Å². The van der Waals surface area contributed by atoms with Gasteiger partial charge in [0.05, 0.1) is 24.0 Å². The summed E-state index contributed by atoms with van der Waals surface area (Å²) in [5.41, 5.74) is 7.95. The van der Waals surface area contributed by atoms with E-state index < -0.39 is 12.0 Å². The van der Waals surface area contributed by atoms with Crippen molar-refractivity contribution in [3.63, 3.8) is 0 Å². The summed E-state index contributed by atoms with van der Waals surface area (Å²) in [6, 6.07) is 8.98. The van der Waals surface area contributed by atoms with Gasteiger partial charge < -0.3 is 15.2 Å². The minimum atomic E-state index is -0.597. The average molecular weight is 398 g/mol. The molecular weight excluding hydrogens is 376 g/mol. The van der Waals surface area contributed by atoms with E-state index in [-0.39, 0.29) is 11.9 Å². The molecule has 2 aliphatic heterocycles. The second-order valence-electron chi connectivity index (χ2n) is 6.52. The molecule has 2 heterocycles. The minimum absolute atomic E-state index is 0.268. The maximum Gasteiger partial charge on any atom is 0.338 e. The quantitative estimate of drug-likeness (QED) is 0.758. The number of nitriles is 1. The Balaban J connectivity index is 2.21. The highest BCUT2D eigenvalue weighted by Gasteiger charge is 2.43. The Kier molecular flexibility index (Phi) is 5.66. The van der Waals surface area contributed by atoms with E-state index in [1.54, 1.807) is 25.7 Å². The third kappa shape index (κ3) is 3.45. The van der Waals surface area contributed by atoms with Gasteiger partial charge in [0.25, 0.3) is 0 Å². The SMILES string of the molecule is CCOc1ccccc1[C@H]1C(C(=O)OC(C)C)=C(C)N=C2SC(C#N)=C(N)N21. The number of esters is 1. The number of carbonyl (C=O) groups is 1. The van der Waals surface area contributed by atoms with Gasteiger partial charge in [0.1, 0.15) is 28.6 Å². The number of hydrogen-bond donors (Lipinski definition) is 1. The van der Waals surface area contributed by atoms with Crippen molar-refractivity contribution in [1.82, 2.24) is 4.90 Å². The van der Waals surface area contributed by atoms with Crippen LogP contribution in [0.5, 0.6) is 5.75 Å². The van der Waals surface area contributed by atoms with E-state index in [4.69, 9.17) is 15.2 Å². The number of amidine groups is 1. The molecule has 0 spiro atoms. The van der Waals surface area contributed by atoms with Crippen molar-refractivity contribution in [1.29, 1.82) is 5.26 Å². The Morgan fingerprint density at radius 2 is 2.14 bits per heavy atom. The van der Waals surface area contributed by atoms with Crippen LogP contribution in [0.1, 0.15) is 39.3 Å². The highest BCUT2D eigenvalue weighted by Crippen LogP contribution is 2.47. The number of rotatable bonds is 5. The molecule has 1 aromatic rings. The van der Waals surface area contributed by atoms with Crippen LogP contribution in [0.2, 0.25) is 0 Å². The number of aliphatic imine (C=N–C) groups is 1. The minimum Gasteiger partial charge on any atom is -0.494 e. The fourth-order valence-electron chi connectivity index (χ4n) is 3.17. The standard InChI is InChI=1S/C20H22N4O3S/c1-5-26-14-9-7-6-8-13(14)17-16(19(25)27-11(2)3)12(4)23-20-24(17)18(22)15(10-21)28-20/h6-9,11,17H,5,22H2,1-4H3/t17-/m0/s1. The monoisotopic (exact) mass is 398 g/mol. The summed E-state index contributed by atoms with van der Waals surface area (Å²) < 4.78 is 11.3. The van der Waals surface area contributed by atoms with Crippen molar-refractivity contribution >= 4 is 22.9 Å². The Morgan fingerprint density at radius 1 is 1.43 bits per heavy atom. The van der Waals surface area contributed by atoms with E-state index in [0.717, 1.165) is 5.56 Å². The molecule has 28 heavy (non-hydrogen) atoms. The molecular formula is C20H22N4O3S. The lowest BCUT2D eigenvalue weighted by molar-refractivity contribution is -0.143. The molecule has 0 bridgehead atoms. The Labute approximate surface area is 168 Å². The van der Waals surface area contributed by atoms with Gasteiger partial charge in [0.15, 0.2) is 5.17 Å². The highest BCUT2D eigenvalue weighted by atomic mass is 32.2. The first kappa shape index (κ1) is 19.8. The van der Waals surface area contributed by atoms with E-state index in [9.17, 15) is 10.1 Å². The number of carbonyl (C=O) groups excluding carboxylic acids is 1. The third-order valence-electron chi connectivity index (χ3n) is 4.25. The summed E-state index contributed by atoms with van der Waals surface area (Å²) in [6.45, 7) is 7.72. The molecule has 146 valence electrons. The van der Waals surface area contributed by atoms with Gasteiger partial charge in [-0.25, -0.2) is 9.79 Å². The topological polar surface area (TPSA) is 101 Å². The summed E-state index contributed by atoms with van der Waals surface area (Å²) in [4.78, 5) is 19.6. The van der Waals surface area contributed by atoms with Gasteiger partial charge in [-0.1, -0.05) is 18.2 Å². The zero-order valence-electron chi connectivity index (χ0n) is 16.2. The van der Waals surface area contributed by atoms with Crippen LogP contribution in [-0.4, -0.2) is 28.7 Å². The van der Waals surface area contributed by atoms with Gasteiger partial charge in [0, 0.05) is 5.56 Å². The molecule has 0 amide bonds. The summed E-state index contributed by atoms with van der Waals surface area (Å²) in [5, 5.41) is 9.98. The predicted molar refractivity (Wildman–Crippen MR) is 108 cm³/mol. The molecule has 0 saturated carbocycles. The maximum absolute atomic E-state index is 13.0. The van der Waals surface area contributed by atoms with Crippen LogP contribution in [0, 0.1) is 11.3 Å². The first-order valence-corrected chi connectivity index (χ1v) is 9.79. The largest absolute Gasteiger partial charge is 0.494 e. The van der Waals surface area contributed by atoms with Gasteiger partial charge >= 0.3 is 5.97 Å². The normalized spacial score (nSPS) is 18.8. The molecule has 0 fully saturated rings. The van der Waals surface area contributed by atoms with E-state index >= 15 is 0 Å². The highest BCUT2D eigenvalue weighted by molar-refractivity contribution is 8.17. The molecule has 2 N–H and O–H groups in total. The smallest absolute Gasteiger partial charge is 0.338 e. The van der Waals surface area contributed by atoms with Crippen molar-refractivity contribution in [3.05, 3.63) is 51.8 Å². The van der Waals surface area contributed by atoms with Gasteiger partial charge in [-0.3, -0.25) is 4.90 Å². The van der Waals surface area contributed by atoms with Crippen molar-refractivity contribution in [2.24, 2.45) is 10.7 Å². The van der Waals surface area contributed by atoms with Crippen LogP contribution in [-0.2, 0) is 9.53 Å². The van der Waals surface area contributed by atoms with Crippen LogP contribution in [0.15, 0.2) is 51.3 Å². The molecule has 2 aliphatic rings. The fourth-order valence-corrected chi connectivity index (χ4v) is 4.08. The number of nitrogens with two attached hydrogens (primary N) is 1. The molecule has 1 atom stereocenters. The first-order chi connectivity index (χ1) is 13.4. The molecule has 3 rings (SSSR count). The Morgan fingerprint density at radius 3 is 2.79 bits per heavy atom. The molecule has 0 aliphatic carbocycles. The van der Waals surface area contributed by atoms with E-state index in [0.29, 0.717) is 33.7 Å². The fraction of sp³-hybridized carbons (Fsp3) is 0.350. The summed E-state index contributed by atoms with van der Waals surface area (Å²) in [6.07, 6.45) is -0.281. The lowest BCUT2D eigenvalue weighted by atomic mass is 9.93. The first-order valence-electron chi connectivity index (χ1n) is 8.98. The van der Waals surface area contributed by atoms with Crippen LogP contribution >= 0.6 is 11.8 Å². The lowest BCUT2D eigenvalue weighted by Crippen LogP contribution is -2.39. The second kappa shape index (κ2) is 7.98. The number of ether oxygens (including phenoxy) is 2. The molecule has 0 unspecified atom stereocenters. The van der Waals surface area contributed by atoms with Gasteiger partial charge in [0.2, 0.25) is 0 Å². The zero-order valence-corrected chi connectivity index (χ0v) is 17.0. The van der Waals surface area contributed by atoms with Crippen molar-refractivity contribution < 1.29 is 14.3 Å².